The number of methoxy groups -OCH3 is 1. The second-order valence-corrected chi connectivity index (χ2v) is 5.58. The summed E-state index contributed by atoms with van der Waals surface area (Å²) in [6, 6.07) is 10.9. The van der Waals surface area contributed by atoms with Crippen LogP contribution in [0.2, 0.25) is 0 Å². The number of fused-ring (bicyclic) bond motifs is 1. The Bertz CT molecular complexity index is 856. The van der Waals surface area contributed by atoms with Crippen LogP contribution < -0.4 is 10.1 Å². The van der Waals surface area contributed by atoms with Crippen LogP contribution in [0.15, 0.2) is 48.8 Å². The van der Waals surface area contributed by atoms with Gasteiger partial charge in [0, 0.05) is 12.7 Å². The van der Waals surface area contributed by atoms with Crippen LogP contribution in [-0.4, -0.2) is 34.1 Å². The predicted octanol–water partition coefficient (Wildman–Crippen LogP) is 2.11. The third-order valence-electron chi connectivity index (χ3n) is 3.84. The van der Waals surface area contributed by atoms with Gasteiger partial charge in [0.25, 0.3) is 5.91 Å². The topological polar surface area (TPSA) is 75.9 Å². The number of amides is 1. The van der Waals surface area contributed by atoms with E-state index < -0.39 is 6.10 Å². The molecule has 0 saturated heterocycles. The number of benzene rings is 1. The van der Waals surface area contributed by atoms with E-state index in [2.05, 4.69) is 10.3 Å². The van der Waals surface area contributed by atoms with Crippen LogP contribution in [0, 0.1) is 6.92 Å². The second kappa shape index (κ2) is 6.72. The summed E-state index contributed by atoms with van der Waals surface area (Å²) in [5.74, 6) is 0.441. The van der Waals surface area contributed by atoms with E-state index in [-0.39, 0.29) is 12.5 Å². The largest absolute Gasteiger partial charge is 0.497 e. The SMILES string of the molecule is COc1ccc(C(O)CNC(=O)c2cnc3ccc(C)cn23)cc1. The second-order valence-electron chi connectivity index (χ2n) is 5.58. The van der Waals surface area contributed by atoms with E-state index in [0.717, 1.165) is 11.3 Å². The van der Waals surface area contributed by atoms with Crippen molar-refractivity contribution in [1.82, 2.24) is 14.7 Å². The fourth-order valence-corrected chi connectivity index (χ4v) is 2.48. The molecular formula is C18H19N3O3. The number of aryl methyl sites for hydroxylation is 1. The molecule has 1 atom stereocenters. The molecule has 1 amide bonds. The number of hydrogen-bond donors (Lipinski definition) is 2. The number of aromatic nitrogens is 2. The van der Waals surface area contributed by atoms with Gasteiger partial charge in [0.2, 0.25) is 0 Å². The van der Waals surface area contributed by atoms with E-state index in [1.54, 1.807) is 35.8 Å². The molecule has 0 bridgehead atoms. The van der Waals surface area contributed by atoms with Crippen LogP contribution in [0.5, 0.6) is 5.75 Å². The smallest absolute Gasteiger partial charge is 0.270 e. The molecule has 0 spiro atoms. The molecule has 0 aliphatic carbocycles. The molecule has 2 N–H and O–H groups in total. The number of aliphatic hydroxyl groups excluding tert-OH is 1. The number of carbonyl (C=O) groups excluding carboxylic acids is 1. The van der Waals surface area contributed by atoms with Gasteiger partial charge in [0.1, 0.15) is 17.1 Å². The Morgan fingerprint density at radius 3 is 2.75 bits per heavy atom. The van der Waals surface area contributed by atoms with Gasteiger partial charge in [0.05, 0.1) is 19.4 Å². The Morgan fingerprint density at radius 2 is 2.04 bits per heavy atom. The van der Waals surface area contributed by atoms with Crippen molar-refractivity contribution >= 4 is 11.6 Å². The van der Waals surface area contributed by atoms with E-state index in [4.69, 9.17) is 4.74 Å². The molecule has 6 nitrogen and oxygen atoms in total. The molecule has 0 saturated carbocycles. The molecular weight excluding hydrogens is 306 g/mol. The summed E-state index contributed by atoms with van der Waals surface area (Å²) in [4.78, 5) is 16.6. The number of hydrogen-bond acceptors (Lipinski definition) is 4. The number of nitrogens with zero attached hydrogens (tertiary/aromatic N) is 2. The third kappa shape index (κ3) is 3.23. The van der Waals surface area contributed by atoms with Gasteiger partial charge in [-0.1, -0.05) is 18.2 Å². The van der Waals surface area contributed by atoms with Crippen molar-refractivity contribution in [2.75, 3.05) is 13.7 Å². The molecule has 0 radical (unpaired) electrons. The highest BCUT2D eigenvalue weighted by Gasteiger charge is 2.14. The summed E-state index contributed by atoms with van der Waals surface area (Å²) < 4.78 is 6.83. The van der Waals surface area contributed by atoms with Gasteiger partial charge in [-0.2, -0.15) is 0 Å². The van der Waals surface area contributed by atoms with Crippen LogP contribution in [0.3, 0.4) is 0 Å². The molecule has 0 aliphatic heterocycles. The molecule has 3 aromatic rings. The number of carbonyl (C=O) groups is 1. The zero-order valence-corrected chi connectivity index (χ0v) is 13.6. The first-order valence-electron chi connectivity index (χ1n) is 7.62. The van der Waals surface area contributed by atoms with Gasteiger partial charge < -0.3 is 15.2 Å². The van der Waals surface area contributed by atoms with Gasteiger partial charge in [-0.15, -0.1) is 0 Å². The number of pyridine rings is 1. The number of nitrogens with one attached hydrogen (secondary N) is 1. The average Bonchev–Trinajstić information content (AvgIpc) is 3.02. The van der Waals surface area contributed by atoms with E-state index in [1.807, 2.05) is 25.3 Å². The summed E-state index contributed by atoms with van der Waals surface area (Å²) in [5.41, 5.74) is 2.90. The third-order valence-corrected chi connectivity index (χ3v) is 3.84. The highest BCUT2D eigenvalue weighted by Crippen LogP contribution is 2.17. The minimum absolute atomic E-state index is 0.115. The summed E-state index contributed by atoms with van der Waals surface area (Å²) in [6.07, 6.45) is 2.60. The normalized spacial score (nSPS) is 12.1. The lowest BCUT2D eigenvalue weighted by molar-refractivity contribution is 0.0910. The Hall–Kier alpha value is -2.86. The summed E-state index contributed by atoms with van der Waals surface area (Å²) in [5, 5.41) is 13.0. The van der Waals surface area contributed by atoms with Gasteiger partial charge in [-0.3, -0.25) is 9.20 Å². The van der Waals surface area contributed by atoms with Gasteiger partial charge >= 0.3 is 0 Å². The molecule has 1 aromatic carbocycles. The summed E-state index contributed by atoms with van der Waals surface area (Å²) in [7, 11) is 1.59. The molecule has 3 rings (SSSR count). The highest BCUT2D eigenvalue weighted by molar-refractivity contribution is 5.93. The molecule has 24 heavy (non-hydrogen) atoms. The van der Waals surface area contributed by atoms with E-state index in [1.165, 1.54) is 6.20 Å². The molecule has 0 fully saturated rings. The molecule has 124 valence electrons. The fraction of sp³-hybridized carbons (Fsp3) is 0.222. The Labute approximate surface area is 139 Å². The van der Waals surface area contributed by atoms with Crippen molar-refractivity contribution in [2.24, 2.45) is 0 Å². The first-order valence-corrected chi connectivity index (χ1v) is 7.62. The van der Waals surface area contributed by atoms with Crippen LogP contribution in [0.1, 0.15) is 27.7 Å². The predicted molar refractivity (Wildman–Crippen MR) is 90.2 cm³/mol. The summed E-state index contributed by atoms with van der Waals surface area (Å²) >= 11 is 0. The Balaban J connectivity index is 1.68. The standard InChI is InChI=1S/C18H19N3O3/c1-12-3-8-17-19-9-15(21(17)11-12)18(23)20-10-16(22)13-4-6-14(24-2)7-5-13/h3-9,11,16,22H,10H2,1-2H3,(H,20,23). The van der Waals surface area contributed by atoms with Crippen LogP contribution >= 0.6 is 0 Å². The van der Waals surface area contributed by atoms with E-state index in [9.17, 15) is 9.90 Å². The number of imidazole rings is 1. The van der Waals surface area contributed by atoms with Crippen molar-refractivity contribution in [3.8, 4) is 5.75 Å². The minimum atomic E-state index is -0.791. The Kier molecular flexibility index (Phi) is 4.48. The number of aliphatic hydroxyl groups is 1. The molecule has 6 heteroatoms. The van der Waals surface area contributed by atoms with Crippen molar-refractivity contribution in [2.45, 2.75) is 13.0 Å². The van der Waals surface area contributed by atoms with Crippen molar-refractivity contribution in [1.29, 1.82) is 0 Å². The van der Waals surface area contributed by atoms with Crippen LogP contribution in [0.25, 0.3) is 5.65 Å². The van der Waals surface area contributed by atoms with Gasteiger partial charge in [0.15, 0.2) is 0 Å². The number of rotatable bonds is 5. The van der Waals surface area contributed by atoms with E-state index in [0.29, 0.717) is 16.9 Å². The molecule has 1 unspecified atom stereocenters. The fourth-order valence-electron chi connectivity index (χ4n) is 2.48. The zero-order valence-electron chi connectivity index (χ0n) is 13.6. The van der Waals surface area contributed by atoms with Crippen molar-refractivity contribution in [3.05, 3.63) is 65.6 Å². The lowest BCUT2D eigenvalue weighted by atomic mass is 10.1. The molecule has 2 heterocycles. The van der Waals surface area contributed by atoms with Crippen molar-refractivity contribution in [3.63, 3.8) is 0 Å². The lowest BCUT2D eigenvalue weighted by Crippen LogP contribution is -2.29. The minimum Gasteiger partial charge on any atom is -0.497 e. The lowest BCUT2D eigenvalue weighted by Gasteiger charge is -2.12. The van der Waals surface area contributed by atoms with Gasteiger partial charge in [-0.25, -0.2) is 4.98 Å². The van der Waals surface area contributed by atoms with Gasteiger partial charge in [-0.05, 0) is 36.2 Å². The maximum atomic E-state index is 12.4. The van der Waals surface area contributed by atoms with Crippen LogP contribution in [-0.2, 0) is 0 Å². The van der Waals surface area contributed by atoms with Crippen LogP contribution in [0.4, 0.5) is 0 Å². The average molecular weight is 325 g/mol. The first-order chi connectivity index (χ1) is 11.6. The maximum absolute atomic E-state index is 12.4. The van der Waals surface area contributed by atoms with E-state index >= 15 is 0 Å². The molecule has 2 aromatic heterocycles. The molecule has 0 aliphatic rings. The first kappa shape index (κ1) is 16.0. The zero-order chi connectivity index (χ0) is 17.1. The quantitative estimate of drug-likeness (QED) is 0.753. The Morgan fingerprint density at radius 1 is 1.29 bits per heavy atom. The summed E-state index contributed by atoms with van der Waals surface area (Å²) in [6.45, 7) is 2.07. The van der Waals surface area contributed by atoms with Crippen molar-refractivity contribution < 1.29 is 14.6 Å². The number of ether oxygens (including phenoxy) is 1. The maximum Gasteiger partial charge on any atom is 0.270 e. The monoisotopic (exact) mass is 325 g/mol. The highest BCUT2D eigenvalue weighted by atomic mass is 16.5.